The second kappa shape index (κ2) is 6.32. The third kappa shape index (κ3) is 3.89. The summed E-state index contributed by atoms with van der Waals surface area (Å²) in [6.45, 7) is 0.353. The highest BCUT2D eigenvalue weighted by molar-refractivity contribution is 9.10. The van der Waals surface area contributed by atoms with Gasteiger partial charge in [-0.3, -0.25) is 4.98 Å². The van der Waals surface area contributed by atoms with Gasteiger partial charge in [0.15, 0.2) is 0 Å². The molecule has 0 spiro atoms. The van der Waals surface area contributed by atoms with Crippen LogP contribution in [-0.4, -0.2) is 11.5 Å². The number of hydrogen-bond donors (Lipinski definition) is 2. The van der Waals surface area contributed by atoms with Gasteiger partial charge in [0.25, 0.3) is 0 Å². The molecule has 1 aromatic carbocycles. The Hall–Kier alpha value is -1.17. The number of halogens is 3. The van der Waals surface area contributed by atoms with Crippen molar-refractivity contribution in [1.82, 2.24) is 4.98 Å². The summed E-state index contributed by atoms with van der Waals surface area (Å²) in [6, 6.07) is 6.03. The van der Waals surface area contributed by atoms with Crippen LogP contribution in [0.3, 0.4) is 0 Å². The second-order valence-electron chi connectivity index (χ2n) is 4.03. The van der Waals surface area contributed by atoms with Crippen molar-refractivity contribution in [3.63, 3.8) is 0 Å². The maximum Gasteiger partial charge on any atom is 0.126 e. The smallest absolute Gasteiger partial charge is 0.126 e. The van der Waals surface area contributed by atoms with Crippen LogP contribution in [0.5, 0.6) is 0 Å². The van der Waals surface area contributed by atoms with Crippen molar-refractivity contribution in [2.45, 2.75) is 6.04 Å². The van der Waals surface area contributed by atoms with Crippen molar-refractivity contribution >= 4 is 33.2 Å². The van der Waals surface area contributed by atoms with Gasteiger partial charge in [-0.2, -0.15) is 0 Å². The van der Waals surface area contributed by atoms with Crippen molar-refractivity contribution in [1.29, 1.82) is 0 Å². The highest BCUT2D eigenvalue weighted by atomic mass is 79.9. The molecule has 0 saturated carbocycles. The van der Waals surface area contributed by atoms with Crippen LogP contribution < -0.4 is 11.1 Å². The van der Waals surface area contributed by atoms with Gasteiger partial charge in [-0.25, -0.2) is 4.39 Å². The van der Waals surface area contributed by atoms with E-state index in [0.717, 1.165) is 10.0 Å². The zero-order chi connectivity index (χ0) is 13.8. The maximum atomic E-state index is 13.3. The first kappa shape index (κ1) is 14.2. The molecular weight excluding hydrogens is 333 g/mol. The minimum absolute atomic E-state index is 0.164. The van der Waals surface area contributed by atoms with Crippen LogP contribution in [0, 0.1) is 5.82 Å². The molecule has 0 fully saturated rings. The lowest BCUT2D eigenvalue weighted by Gasteiger charge is -2.18. The largest absolute Gasteiger partial charge is 0.377 e. The van der Waals surface area contributed by atoms with E-state index in [-0.39, 0.29) is 6.04 Å². The predicted molar refractivity (Wildman–Crippen MR) is 78.8 cm³/mol. The molecule has 0 aliphatic heterocycles. The topological polar surface area (TPSA) is 50.9 Å². The SMILES string of the molecule is NCC(Nc1cc(F)cc(Cl)c1)c1cncc(Br)c1. The van der Waals surface area contributed by atoms with Gasteiger partial charge < -0.3 is 11.1 Å². The first-order valence-corrected chi connectivity index (χ1v) is 6.78. The Kier molecular flexibility index (Phi) is 4.74. The molecule has 0 aliphatic rings. The average molecular weight is 345 g/mol. The Morgan fingerprint density at radius 3 is 2.74 bits per heavy atom. The summed E-state index contributed by atoms with van der Waals surface area (Å²) in [5.41, 5.74) is 7.24. The highest BCUT2D eigenvalue weighted by Crippen LogP contribution is 2.24. The molecule has 1 unspecified atom stereocenters. The molecule has 1 atom stereocenters. The summed E-state index contributed by atoms with van der Waals surface area (Å²) >= 11 is 9.17. The Bertz CT molecular complexity index is 559. The lowest BCUT2D eigenvalue weighted by atomic mass is 10.1. The van der Waals surface area contributed by atoms with Gasteiger partial charge in [0.2, 0.25) is 0 Å². The number of nitrogens with two attached hydrogens (primary N) is 1. The number of pyridine rings is 1. The number of benzene rings is 1. The quantitative estimate of drug-likeness (QED) is 0.888. The Balaban J connectivity index is 2.23. The van der Waals surface area contributed by atoms with E-state index in [9.17, 15) is 4.39 Å². The lowest BCUT2D eigenvalue weighted by Crippen LogP contribution is -2.20. The molecule has 0 radical (unpaired) electrons. The normalized spacial score (nSPS) is 12.2. The van der Waals surface area contributed by atoms with Gasteiger partial charge in [0, 0.05) is 34.1 Å². The molecule has 0 amide bonds. The molecule has 2 aromatic rings. The third-order valence-electron chi connectivity index (χ3n) is 2.57. The number of nitrogens with zero attached hydrogens (tertiary/aromatic N) is 1. The van der Waals surface area contributed by atoms with E-state index >= 15 is 0 Å². The van der Waals surface area contributed by atoms with Crippen molar-refractivity contribution < 1.29 is 4.39 Å². The third-order valence-corrected chi connectivity index (χ3v) is 3.22. The standard InChI is InChI=1S/C13H12BrClFN3/c14-9-1-8(6-18-7-9)13(5-17)19-12-3-10(15)2-11(16)4-12/h1-4,6-7,13,19H,5,17H2. The van der Waals surface area contributed by atoms with Crippen molar-refractivity contribution in [2.24, 2.45) is 5.73 Å². The van der Waals surface area contributed by atoms with Gasteiger partial charge in [0.05, 0.1) is 6.04 Å². The van der Waals surface area contributed by atoms with Crippen LogP contribution in [0.1, 0.15) is 11.6 Å². The van der Waals surface area contributed by atoms with Gasteiger partial charge in [-0.1, -0.05) is 11.6 Å². The Morgan fingerprint density at radius 1 is 1.32 bits per heavy atom. The number of hydrogen-bond acceptors (Lipinski definition) is 3. The monoisotopic (exact) mass is 343 g/mol. The highest BCUT2D eigenvalue weighted by Gasteiger charge is 2.11. The molecule has 100 valence electrons. The first-order valence-electron chi connectivity index (χ1n) is 5.61. The van der Waals surface area contributed by atoms with Gasteiger partial charge in [-0.15, -0.1) is 0 Å². The van der Waals surface area contributed by atoms with Gasteiger partial charge >= 0.3 is 0 Å². The number of nitrogens with one attached hydrogen (secondary N) is 1. The molecule has 1 heterocycles. The molecule has 1 aromatic heterocycles. The van der Waals surface area contributed by atoms with Crippen LogP contribution in [-0.2, 0) is 0 Å². The summed E-state index contributed by atoms with van der Waals surface area (Å²) in [6.07, 6.45) is 3.41. The fourth-order valence-electron chi connectivity index (χ4n) is 1.74. The number of aromatic nitrogens is 1. The zero-order valence-corrected chi connectivity index (χ0v) is 12.2. The van der Waals surface area contributed by atoms with Crippen LogP contribution >= 0.6 is 27.5 Å². The lowest BCUT2D eigenvalue weighted by molar-refractivity contribution is 0.627. The molecule has 3 nitrogen and oxygen atoms in total. The predicted octanol–water partition coefficient (Wildman–Crippen LogP) is 3.75. The molecule has 0 bridgehead atoms. The molecule has 3 N–H and O–H groups in total. The Morgan fingerprint density at radius 2 is 2.11 bits per heavy atom. The van der Waals surface area contributed by atoms with E-state index in [1.165, 1.54) is 12.1 Å². The average Bonchev–Trinajstić information content (AvgIpc) is 2.34. The first-order chi connectivity index (χ1) is 9.08. The van der Waals surface area contributed by atoms with Crippen LogP contribution in [0.2, 0.25) is 5.02 Å². The molecular formula is C13H12BrClFN3. The van der Waals surface area contributed by atoms with Crippen LogP contribution in [0.25, 0.3) is 0 Å². The summed E-state index contributed by atoms with van der Waals surface area (Å²) in [5.74, 6) is -0.391. The number of anilines is 1. The molecule has 19 heavy (non-hydrogen) atoms. The van der Waals surface area contributed by atoms with E-state index in [1.807, 2.05) is 6.07 Å². The molecule has 0 aliphatic carbocycles. The summed E-state index contributed by atoms with van der Waals surface area (Å²) in [4.78, 5) is 4.09. The van der Waals surface area contributed by atoms with Gasteiger partial charge in [0.1, 0.15) is 5.82 Å². The Labute approximate surface area is 124 Å². The van der Waals surface area contributed by atoms with E-state index in [0.29, 0.717) is 17.3 Å². The van der Waals surface area contributed by atoms with E-state index in [1.54, 1.807) is 18.5 Å². The van der Waals surface area contributed by atoms with E-state index < -0.39 is 5.82 Å². The number of rotatable bonds is 4. The molecule has 2 rings (SSSR count). The van der Waals surface area contributed by atoms with E-state index in [4.69, 9.17) is 17.3 Å². The summed E-state index contributed by atoms with van der Waals surface area (Å²) < 4.78 is 14.1. The fraction of sp³-hybridized carbons (Fsp3) is 0.154. The van der Waals surface area contributed by atoms with Crippen molar-refractivity contribution in [3.05, 3.63) is 57.5 Å². The summed E-state index contributed by atoms with van der Waals surface area (Å²) in [7, 11) is 0. The van der Waals surface area contributed by atoms with Gasteiger partial charge in [-0.05, 0) is 45.8 Å². The maximum absolute atomic E-state index is 13.3. The second-order valence-corrected chi connectivity index (χ2v) is 5.38. The van der Waals surface area contributed by atoms with Crippen LogP contribution in [0.4, 0.5) is 10.1 Å². The van der Waals surface area contributed by atoms with Crippen molar-refractivity contribution in [2.75, 3.05) is 11.9 Å². The van der Waals surface area contributed by atoms with E-state index in [2.05, 4.69) is 26.2 Å². The minimum atomic E-state index is -0.391. The van der Waals surface area contributed by atoms with Crippen LogP contribution in [0.15, 0.2) is 41.1 Å². The molecule has 0 saturated heterocycles. The molecule has 6 heteroatoms. The fourth-order valence-corrected chi connectivity index (χ4v) is 2.34. The zero-order valence-electron chi connectivity index (χ0n) is 9.91. The van der Waals surface area contributed by atoms with Crippen molar-refractivity contribution in [3.8, 4) is 0 Å². The summed E-state index contributed by atoms with van der Waals surface area (Å²) in [5, 5.41) is 3.48. The minimum Gasteiger partial charge on any atom is -0.377 e.